The van der Waals surface area contributed by atoms with Crippen LogP contribution in [0.15, 0.2) is 5.16 Å². The van der Waals surface area contributed by atoms with Crippen molar-refractivity contribution in [3.63, 3.8) is 0 Å². The van der Waals surface area contributed by atoms with E-state index in [0.717, 1.165) is 0 Å². The molecule has 1 amide bonds. The summed E-state index contributed by atoms with van der Waals surface area (Å²) in [5.74, 6) is -0.675. The Morgan fingerprint density at radius 3 is 2.24 bits per heavy atom. The average molecular weight is 243 g/mol. The fourth-order valence-electron chi connectivity index (χ4n) is 1.60. The predicted octanol–water partition coefficient (Wildman–Crippen LogP) is 1.65. The van der Waals surface area contributed by atoms with Gasteiger partial charge in [-0.2, -0.15) is 0 Å². The maximum absolute atomic E-state index is 12.2. The molecule has 0 aliphatic carbocycles. The van der Waals surface area contributed by atoms with E-state index in [1.165, 1.54) is 0 Å². The van der Waals surface area contributed by atoms with E-state index in [1.807, 2.05) is 13.8 Å². The van der Waals surface area contributed by atoms with Gasteiger partial charge in [0.1, 0.15) is 0 Å². The Kier molecular flexibility index (Phi) is 5.45. The lowest BCUT2D eigenvalue weighted by atomic mass is 9.86. The summed E-state index contributed by atoms with van der Waals surface area (Å²) in [6, 6.07) is 0.0792. The third-order valence-corrected chi connectivity index (χ3v) is 3.36. The van der Waals surface area contributed by atoms with E-state index >= 15 is 0 Å². The van der Waals surface area contributed by atoms with Crippen LogP contribution in [0.2, 0.25) is 0 Å². The molecule has 2 atom stereocenters. The summed E-state index contributed by atoms with van der Waals surface area (Å²) in [7, 11) is 1.76. The molecular formula is C12H25N3O2. The Bertz CT molecular complexity index is 295. The zero-order valence-corrected chi connectivity index (χ0v) is 11.7. The minimum absolute atomic E-state index is 0.00613. The largest absolute Gasteiger partial charge is 0.409 e. The highest BCUT2D eigenvalue weighted by Crippen LogP contribution is 2.24. The highest BCUT2D eigenvalue weighted by molar-refractivity contribution is 6.02. The maximum atomic E-state index is 12.2. The third kappa shape index (κ3) is 3.91. The molecule has 5 heteroatoms. The van der Waals surface area contributed by atoms with E-state index in [2.05, 4.69) is 25.9 Å². The summed E-state index contributed by atoms with van der Waals surface area (Å²) < 4.78 is 0. The van der Waals surface area contributed by atoms with E-state index in [1.54, 1.807) is 11.9 Å². The maximum Gasteiger partial charge on any atom is 0.233 e. The number of amidine groups is 1. The van der Waals surface area contributed by atoms with E-state index in [9.17, 15) is 4.79 Å². The van der Waals surface area contributed by atoms with Crippen LogP contribution in [-0.2, 0) is 4.79 Å². The van der Waals surface area contributed by atoms with E-state index in [-0.39, 0.29) is 23.2 Å². The smallest absolute Gasteiger partial charge is 0.233 e. The predicted molar refractivity (Wildman–Crippen MR) is 68.9 cm³/mol. The van der Waals surface area contributed by atoms with Crippen LogP contribution in [0.1, 0.15) is 41.0 Å². The van der Waals surface area contributed by atoms with Crippen LogP contribution >= 0.6 is 0 Å². The number of nitrogens with two attached hydrogens (primary N) is 1. The molecule has 0 spiro atoms. The summed E-state index contributed by atoms with van der Waals surface area (Å²) in [6.45, 7) is 10.1. The first kappa shape index (κ1) is 15.7. The third-order valence-electron chi connectivity index (χ3n) is 3.36. The molecule has 0 radical (unpaired) electrons. The fourth-order valence-corrected chi connectivity index (χ4v) is 1.60. The summed E-state index contributed by atoms with van der Waals surface area (Å²) in [5.41, 5.74) is 5.52. The van der Waals surface area contributed by atoms with E-state index in [4.69, 9.17) is 10.9 Å². The van der Waals surface area contributed by atoms with Gasteiger partial charge in [-0.25, -0.2) is 0 Å². The van der Waals surface area contributed by atoms with Gasteiger partial charge in [0.15, 0.2) is 5.84 Å². The number of hydrogen-bond donors (Lipinski definition) is 2. The van der Waals surface area contributed by atoms with Crippen LogP contribution in [0, 0.1) is 11.3 Å². The molecule has 100 valence electrons. The van der Waals surface area contributed by atoms with Crippen molar-refractivity contribution in [3.05, 3.63) is 0 Å². The first-order valence-corrected chi connectivity index (χ1v) is 5.90. The molecule has 2 unspecified atom stereocenters. The average Bonchev–Trinajstić information content (AvgIpc) is 2.26. The lowest BCUT2D eigenvalue weighted by Gasteiger charge is -2.36. The number of hydrogen-bond acceptors (Lipinski definition) is 3. The summed E-state index contributed by atoms with van der Waals surface area (Å²) in [4.78, 5) is 13.9. The van der Waals surface area contributed by atoms with Crippen molar-refractivity contribution in [2.24, 2.45) is 22.2 Å². The fraction of sp³-hybridized carbons (Fsp3) is 0.833. The molecule has 17 heavy (non-hydrogen) atoms. The number of oxime groups is 1. The van der Waals surface area contributed by atoms with Crippen LogP contribution in [0.3, 0.4) is 0 Å². The first-order chi connectivity index (χ1) is 7.66. The van der Waals surface area contributed by atoms with Crippen molar-refractivity contribution in [1.82, 2.24) is 4.90 Å². The minimum atomic E-state index is -0.546. The van der Waals surface area contributed by atoms with Crippen molar-refractivity contribution in [2.75, 3.05) is 7.05 Å². The van der Waals surface area contributed by atoms with Gasteiger partial charge in [0.05, 0.1) is 5.92 Å². The molecule has 0 bridgehead atoms. The van der Waals surface area contributed by atoms with Gasteiger partial charge in [0.25, 0.3) is 0 Å². The van der Waals surface area contributed by atoms with Gasteiger partial charge in [-0.15, -0.1) is 0 Å². The molecule has 0 aromatic rings. The monoisotopic (exact) mass is 243 g/mol. The summed E-state index contributed by atoms with van der Waals surface area (Å²) in [6.07, 6.45) is 0.524. The van der Waals surface area contributed by atoms with Crippen LogP contribution < -0.4 is 5.73 Å². The van der Waals surface area contributed by atoms with Crippen molar-refractivity contribution >= 4 is 11.7 Å². The Labute approximate surface area is 104 Å². The molecule has 0 aromatic heterocycles. The zero-order valence-electron chi connectivity index (χ0n) is 11.7. The second kappa shape index (κ2) is 5.89. The van der Waals surface area contributed by atoms with Gasteiger partial charge in [-0.3, -0.25) is 4.79 Å². The van der Waals surface area contributed by atoms with E-state index < -0.39 is 5.92 Å². The topological polar surface area (TPSA) is 78.9 Å². The van der Waals surface area contributed by atoms with Crippen molar-refractivity contribution in [2.45, 2.75) is 47.1 Å². The van der Waals surface area contributed by atoms with Crippen LogP contribution in [-0.4, -0.2) is 34.9 Å². The van der Waals surface area contributed by atoms with Gasteiger partial charge in [0.2, 0.25) is 5.91 Å². The van der Waals surface area contributed by atoms with Crippen molar-refractivity contribution in [1.29, 1.82) is 0 Å². The second-order valence-corrected chi connectivity index (χ2v) is 5.48. The van der Waals surface area contributed by atoms with Crippen LogP contribution in [0.5, 0.6) is 0 Å². The number of carbonyl (C=O) groups is 1. The summed E-state index contributed by atoms with van der Waals surface area (Å²) >= 11 is 0. The molecule has 0 aromatic carbocycles. The van der Waals surface area contributed by atoms with Gasteiger partial charge in [0, 0.05) is 13.1 Å². The molecule has 0 aliphatic heterocycles. The highest BCUT2D eigenvalue weighted by atomic mass is 16.4. The molecule has 0 aliphatic rings. The molecule has 0 heterocycles. The Morgan fingerprint density at radius 2 is 1.94 bits per heavy atom. The second-order valence-electron chi connectivity index (χ2n) is 5.48. The first-order valence-electron chi connectivity index (χ1n) is 5.90. The minimum Gasteiger partial charge on any atom is -0.409 e. The standard InChI is InChI=1S/C12H25N3O2/c1-7-9(10(13)14-17)11(16)15(6)8(2)12(3,4)5/h8-9,17H,7H2,1-6H3,(H2,13,14). The Balaban J connectivity index is 4.92. The zero-order chi connectivity index (χ0) is 13.8. The van der Waals surface area contributed by atoms with Crippen LogP contribution in [0.25, 0.3) is 0 Å². The molecule has 5 nitrogen and oxygen atoms in total. The number of nitrogens with zero attached hydrogens (tertiary/aromatic N) is 2. The molecule has 3 N–H and O–H groups in total. The van der Waals surface area contributed by atoms with Crippen molar-refractivity contribution in [3.8, 4) is 0 Å². The van der Waals surface area contributed by atoms with Crippen molar-refractivity contribution < 1.29 is 10.0 Å². The lowest BCUT2D eigenvalue weighted by Crippen LogP contribution is -2.48. The molecule has 0 rings (SSSR count). The summed E-state index contributed by atoms with van der Waals surface area (Å²) in [5, 5.41) is 11.6. The highest BCUT2D eigenvalue weighted by Gasteiger charge is 2.31. The van der Waals surface area contributed by atoms with Gasteiger partial charge in [-0.1, -0.05) is 32.9 Å². The number of carbonyl (C=O) groups excluding carboxylic acids is 1. The Morgan fingerprint density at radius 1 is 1.47 bits per heavy atom. The molecule has 0 saturated heterocycles. The molecule has 0 saturated carbocycles. The van der Waals surface area contributed by atoms with Crippen LogP contribution in [0.4, 0.5) is 0 Å². The molecular weight excluding hydrogens is 218 g/mol. The SMILES string of the molecule is CCC(C(=O)N(C)C(C)C(C)(C)C)C(N)=NO. The quantitative estimate of drug-likeness (QED) is 0.341. The molecule has 0 fully saturated rings. The van der Waals surface area contributed by atoms with Gasteiger partial charge in [-0.05, 0) is 18.8 Å². The normalized spacial score (nSPS) is 16.5. The van der Waals surface area contributed by atoms with E-state index in [0.29, 0.717) is 6.42 Å². The lowest BCUT2D eigenvalue weighted by molar-refractivity contribution is -0.136. The number of amides is 1. The number of rotatable bonds is 4. The Hall–Kier alpha value is -1.26. The van der Waals surface area contributed by atoms with Gasteiger partial charge < -0.3 is 15.8 Å². The van der Waals surface area contributed by atoms with Gasteiger partial charge >= 0.3 is 0 Å².